The Labute approximate surface area is 142 Å². The Morgan fingerprint density at radius 1 is 1.29 bits per heavy atom. The van der Waals surface area contributed by atoms with Crippen LogP contribution in [0.4, 0.5) is 10.1 Å². The number of hydrogen-bond acceptors (Lipinski definition) is 4. The van der Waals surface area contributed by atoms with Gasteiger partial charge in [0.15, 0.2) is 0 Å². The van der Waals surface area contributed by atoms with Crippen LogP contribution in [0.15, 0.2) is 23.1 Å². The summed E-state index contributed by atoms with van der Waals surface area (Å²) in [6, 6.07) is 3.53. The molecule has 4 N–H and O–H groups in total. The van der Waals surface area contributed by atoms with Gasteiger partial charge in [0, 0.05) is 23.2 Å². The molecule has 24 heavy (non-hydrogen) atoms. The molecule has 6 nitrogen and oxygen atoms in total. The lowest BCUT2D eigenvalue weighted by Crippen LogP contribution is -2.40. The molecular formula is C16H24FN3O3S. The fraction of sp³-hybridized carbons (Fsp3) is 0.562. The molecule has 1 aromatic carbocycles. The van der Waals surface area contributed by atoms with Crippen molar-refractivity contribution in [2.45, 2.75) is 56.5 Å². The molecule has 0 saturated heterocycles. The molecule has 0 spiro atoms. The van der Waals surface area contributed by atoms with E-state index < -0.39 is 26.3 Å². The Hall–Kier alpha value is -1.51. The molecule has 1 aliphatic rings. The minimum atomic E-state index is -4.03. The number of nitrogens with two attached hydrogens (primary N) is 1. The van der Waals surface area contributed by atoms with Crippen LogP contribution in [0.25, 0.3) is 0 Å². The number of nitrogens with one attached hydrogen (secondary N) is 2. The summed E-state index contributed by atoms with van der Waals surface area (Å²) in [5, 5.41) is 2.65. The predicted molar refractivity (Wildman–Crippen MR) is 90.4 cm³/mol. The first-order chi connectivity index (χ1) is 11.0. The van der Waals surface area contributed by atoms with Crippen LogP contribution in [0.5, 0.6) is 0 Å². The Kier molecular flexibility index (Phi) is 5.31. The summed E-state index contributed by atoms with van der Waals surface area (Å²) < 4.78 is 41.0. The van der Waals surface area contributed by atoms with E-state index in [0.717, 1.165) is 18.6 Å². The lowest BCUT2D eigenvalue weighted by atomic mass is 10.1. The standard InChI is InChI=1S/C16H24FN3O3S/c1-16(2,3)20-24(22,23)14-9-12(6-7-13(14)17)19-15(21)10-4-5-11(18)8-10/h6-7,9-11,20H,4-5,8,18H2,1-3H3,(H,19,21). The quantitative estimate of drug-likeness (QED) is 0.767. The minimum Gasteiger partial charge on any atom is -0.328 e. The van der Waals surface area contributed by atoms with Crippen molar-refractivity contribution >= 4 is 21.6 Å². The van der Waals surface area contributed by atoms with Gasteiger partial charge in [0.2, 0.25) is 15.9 Å². The number of carbonyl (C=O) groups excluding carboxylic acids is 1. The topological polar surface area (TPSA) is 101 Å². The van der Waals surface area contributed by atoms with Gasteiger partial charge in [0.25, 0.3) is 0 Å². The van der Waals surface area contributed by atoms with Gasteiger partial charge in [-0.1, -0.05) is 0 Å². The number of halogens is 1. The van der Waals surface area contributed by atoms with Gasteiger partial charge in [0.1, 0.15) is 10.7 Å². The third kappa shape index (κ3) is 4.75. The summed E-state index contributed by atoms with van der Waals surface area (Å²) in [4.78, 5) is 11.7. The lowest BCUT2D eigenvalue weighted by Gasteiger charge is -2.21. The van der Waals surface area contributed by atoms with E-state index in [1.165, 1.54) is 6.07 Å². The third-order valence-corrected chi connectivity index (χ3v) is 5.55. The molecule has 1 aromatic rings. The maximum atomic E-state index is 14.0. The van der Waals surface area contributed by atoms with E-state index in [9.17, 15) is 17.6 Å². The van der Waals surface area contributed by atoms with Crippen LogP contribution < -0.4 is 15.8 Å². The van der Waals surface area contributed by atoms with Crippen LogP contribution in [0.1, 0.15) is 40.0 Å². The van der Waals surface area contributed by atoms with E-state index in [-0.39, 0.29) is 23.6 Å². The second-order valence-corrected chi connectivity index (χ2v) is 8.91. The van der Waals surface area contributed by atoms with Crippen LogP contribution in [-0.4, -0.2) is 25.9 Å². The van der Waals surface area contributed by atoms with Crippen molar-refractivity contribution in [1.82, 2.24) is 4.72 Å². The normalized spacial score (nSPS) is 21.7. The minimum absolute atomic E-state index is 0.0147. The molecule has 1 fully saturated rings. The van der Waals surface area contributed by atoms with Crippen molar-refractivity contribution in [2.24, 2.45) is 11.7 Å². The van der Waals surface area contributed by atoms with Crippen LogP contribution >= 0.6 is 0 Å². The highest BCUT2D eigenvalue weighted by Crippen LogP contribution is 2.26. The summed E-state index contributed by atoms with van der Waals surface area (Å²) in [6.07, 6.45) is 2.09. The van der Waals surface area contributed by atoms with E-state index >= 15 is 0 Å². The maximum Gasteiger partial charge on any atom is 0.244 e. The van der Waals surface area contributed by atoms with Crippen molar-refractivity contribution < 1.29 is 17.6 Å². The van der Waals surface area contributed by atoms with Gasteiger partial charge >= 0.3 is 0 Å². The molecule has 1 amide bonds. The van der Waals surface area contributed by atoms with Crippen molar-refractivity contribution in [3.05, 3.63) is 24.0 Å². The molecular weight excluding hydrogens is 333 g/mol. The molecule has 1 aliphatic carbocycles. The Morgan fingerprint density at radius 2 is 1.96 bits per heavy atom. The molecule has 2 atom stereocenters. The molecule has 0 bridgehead atoms. The van der Waals surface area contributed by atoms with Crippen LogP contribution in [0.2, 0.25) is 0 Å². The average Bonchev–Trinajstić information content (AvgIpc) is 2.85. The van der Waals surface area contributed by atoms with Gasteiger partial charge in [-0.25, -0.2) is 17.5 Å². The predicted octanol–water partition coefficient (Wildman–Crippen LogP) is 1.97. The number of hydrogen-bond donors (Lipinski definition) is 3. The van der Waals surface area contributed by atoms with Crippen molar-refractivity contribution in [3.8, 4) is 0 Å². The summed E-state index contributed by atoms with van der Waals surface area (Å²) in [7, 11) is -4.03. The van der Waals surface area contributed by atoms with E-state index in [1.807, 2.05) is 0 Å². The molecule has 8 heteroatoms. The average molecular weight is 357 g/mol. The fourth-order valence-corrected chi connectivity index (χ4v) is 4.27. The highest BCUT2D eigenvalue weighted by atomic mass is 32.2. The number of carbonyl (C=O) groups is 1. The van der Waals surface area contributed by atoms with Gasteiger partial charge in [-0.2, -0.15) is 0 Å². The largest absolute Gasteiger partial charge is 0.328 e. The molecule has 0 aliphatic heterocycles. The van der Waals surface area contributed by atoms with Crippen molar-refractivity contribution in [3.63, 3.8) is 0 Å². The molecule has 0 radical (unpaired) electrons. The van der Waals surface area contributed by atoms with Gasteiger partial charge in [-0.05, 0) is 58.2 Å². The van der Waals surface area contributed by atoms with E-state index in [2.05, 4.69) is 10.0 Å². The van der Waals surface area contributed by atoms with Gasteiger partial charge < -0.3 is 11.1 Å². The Bertz CT molecular complexity index is 729. The Morgan fingerprint density at radius 3 is 2.50 bits per heavy atom. The first-order valence-corrected chi connectivity index (χ1v) is 9.36. The van der Waals surface area contributed by atoms with Gasteiger partial charge in [0.05, 0.1) is 0 Å². The zero-order chi connectivity index (χ0) is 18.1. The van der Waals surface area contributed by atoms with Gasteiger partial charge in [-0.3, -0.25) is 4.79 Å². The number of rotatable bonds is 4. The number of benzene rings is 1. The lowest BCUT2D eigenvalue weighted by molar-refractivity contribution is -0.119. The second-order valence-electron chi connectivity index (χ2n) is 7.26. The molecule has 134 valence electrons. The van der Waals surface area contributed by atoms with Crippen molar-refractivity contribution in [1.29, 1.82) is 0 Å². The summed E-state index contributed by atoms with van der Waals surface area (Å²) in [5.41, 5.74) is 5.30. The van der Waals surface area contributed by atoms with Crippen LogP contribution in [0, 0.1) is 11.7 Å². The zero-order valence-corrected chi connectivity index (χ0v) is 14.9. The second kappa shape index (κ2) is 6.78. The summed E-state index contributed by atoms with van der Waals surface area (Å²) >= 11 is 0. The summed E-state index contributed by atoms with van der Waals surface area (Å²) in [6.45, 7) is 4.99. The number of anilines is 1. The molecule has 1 saturated carbocycles. The van der Waals surface area contributed by atoms with Crippen LogP contribution in [0.3, 0.4) is 0 Å². The van der Waals surface area contributed by atoms with Crippen LogP contribution in [-0.2, 0) is 14.8 Å². The maximum absolute atomic E-state index is 14.0. The molecule has 2 unspecified atom stereocenters. The number of amides is 1. The smallest absolute Gasteiger partial charge is 0.244 e. The number of sulfonamides is 1. The fourth-order valence-electron chi connectivity index (χ4n) is 2.74. The summed E-state index contributed by atoms with van der Waals surface area (Å²) in [5.74, 6) is -1.29. The third-order valence-electron chi connectivity index (χ3n) is 3.77. The Balaban J connectivity index is 2.21. The highest BCUT2D eigenvalue weighted by molar-refractivity contribution is 7.89. The molecule has 0 aromatic heterocycles. The monoisotopic (exact) mass is 357 g/mol. The van der Waals surface area contributed by atoms with E-state index in [0.29, 0.717) is 12.8 Å². The zero-order valence-electron chi connectivity index (χ0n) is 14.1. The van der Waals surface area contributed by atoms with E-state index in [4.69, 9.17) is 5.73 Å². The first-order valence-electron chi connectivity index (χ1n) is 7.88. The highest BCUT2D eigenvalue weighted by Gasteiger charge is 2.29. The van der Waals surface area contributed by atoms with Crippen molar-refractivity contribution in [2.75, 3.05) is 5.32 Å². The van der Waals surface area contributed by atoms with Gasteiger partial charge in [-0.15, -0.1) is 0 Å². The van der Waals surface area contributed by atoms with E-state index in [1.54, 1.807) is 20.8 Å². The SMILES string of the molecule is CC(C)(C)NS(=O)(=O)c1cc(NC(=O)C2CCC(N)C2)ccc1F. The molecule has 2 rings (SSSR count). The molecule has 0 heterocycles. The first kappa shape index (κ1) is 18.8.